The Balaban J connectivity index is 1.83. The first-order valence-corrected chi connectivity index (χ1v) is 8.27. The van der Waals surface area contributed by atoms with Crippen molar-refractivity contribution in [3.05, 3.63) is 10.6 Å². The second kappa shape index (κ2) is 7.54. The van der Waals surface area contributed by atoms with Gasteiger partial charge >= 0.3 is 5.97 Å². The summed E-state index contributed by atoms with van der Waals surface area (Å²) in [4.78, 5) is 28.1. The summed E-state index contributed by atoms with van der Waals surface area (Å²) < 4.78 is 4.68. The number of aromatic nitrogens is 1. The molecular weight excluding hydrogens is 288 g/mol. The van der Waals surface area contributed by atoms with Gasteiger partial charge in [-0.25, -0.2) is 9.78 Å². The van der Waals surface area contributed by atoms with Crippen LogP contribution < -0.4 is 5.32 Å². The molecule has 0 atom stereocenters. The Hall–Kier alpha value is -1.43. The van der Waals surface area contributed by atoms with Gasteiger partial charge in [0.25, 0.3) is 0 Å². The molecule has 0 bridgehead atoms. The fraction of sp³-hybridized carbons (Fsp3) is 0.667. The minimum Gasteiger partial charge on any atom is -0.465 e. The first-order valence-electron chi connectivity index (χ1n) is 7.45. The zero-order chi connectivity index (χ0) is 15.2. The van der Waals surface area contributed by atoms with Crippen LogP contribution in [0.2, 0.25) is 0 Å². The molecule has 1 N–H and O–H groups in total. The number of nitrogens with zero attached hydrogens (tertiary/aromatic N) is 1. The van der Waals surface area contributed by atoms with E-state index < -0.39 is 5.97 Å². The molecule has 0 spiro atoms. The summed E-state index contributed by atoms with van der Waals surface area (Å²) in [5.41, 5.74) is 0.592. The molecule has 0 aliphatic heterocycles. The van der Waals surface area contributed by atoms with E-state index in [9.17, 15) is 9.59 Å². The summed E-state index contributed by atoms with van der Waals surface area (Å²) in [5, 5.41) is 3.26. The largest absolute Gasteiger partial charge is 0.465 e. The Morgan fingerprint density at radius 1 is 1.33 bits per heavy atom. The van der Waals surface area contributed by atoms with E-state index in [1.54, 1.807) is 6.92 Å². The standard InChI is InChI=1S/C15H22N2O3S/c1-10-13(14(19)20-2)21-15(16-10)17-12(18)9-8-11-6-4-3-5-7-11/h11H,3-9H2,1-2H3,(H,16,17,18). The summed E-state index contributed by atoms with van der Waals surface area (Å²) in [6, 6.07) is 0. The number of hydrogen-bond donors (Lipinski definition) is 1. The SMILES string of the molecule is COC(=O)c1sc(NC(=O)CCC2CCCCC2)nc1C. The maximum absolute atomic E-state index is 12.0. The fourth-order valence-corrected chi connectivity index (χ4v) is 3.63. The Bertz CT molecular complexity index is 507. The predicted molar refractivity (Wildman–Crippen MR) is 82.6 cm³/mol. The normalized spacial score (nSPS) is 15.7. The third-order valence-corrected chi connectivity index (χ3v) is 4.97. The highest BCUT2D eigenvalue weighted by Gasteiger charge is 2.18. The summed E-state index contributed by atoms with van der Waals surface area (Å²) in [6.07, 6.45) is 7.88. The van der Waals surface area contributed by atoms with Crippen LogP contribution in [0.25, 0.3) is 0 Å². The van der Waals surface area contributed by atoms with Gasteiger partial charge in [0.2, 0.25) is 5.91 Å². The molecule has 0 unspecified atom stereocenters. The van der Waals surface area contributed by atoms with E-state index in [1.165, 1.54) is 39.2 Å². The quantitative estimate of drug-likeness (QED) is 0.845. The molecule has 6 heteroatoms. The maximum atomic E-state index is 12.0. The van der Waals surface area contributed by atoms with Crippen molar-refractivity contribution in [1.29, 1.82) is 0 Å². The van der Waals surface area contributed by atoms with Gasteiger partial charge in [-0.1, -0.05) is 43.4 Å². The van der Waals surface area contributed by atoms with Crippen LogP contribution >= 0.6 is 11.3 Å². The van der Waals surface area contributed by atoms with Gasteiger partial charge in [-0.3, -0.25) is 4.79 Å². The highest BCUT2D eigenvalue weighted by molar-refractivity contribution is 7.17. The lowest BCUT2D eigenvalue weighted by Crippen LogP contribution is -2.14. The molecular formula is C15H22N2O3S. The Labute approximate surface area is 129 Å². The van der Waals surface area contributed by atoms with Crippen molar-refractivity contribution < 1.29 is 14.3 Å². The number of aryl methyl sites for hydroxylation is 1. The predicted octanol–water partition coefficient (Wildman–Crippen LogP) is 3.54. The number of nitrogens with one attached hydrogen (secondary N) is 1. The van der Waals surface area contributed by atoms with Crippen LogP contribution in [0.4, 0.5) is 5.13 Å². The van der Waals surface area contributed by atoms with E-state index in [0.29, 0.717) is 28.0 Å². The van der Waals surface area contributed by atoms with Gasteiger partial charge in [0.05, 0.1) is 12.8 Å². The molecule has 1 aromatic rings. The number of rotatable bonds is 5. The maximum Gasteiger partial charge on any atom is 0.350 e. The fourth-order valence-electron chi connectivity index (χ4n) is 2.72. The number of ether oxygens (including phenoxy) is 1. The Morgan fingerprint density at radius 3 is 2.71 bits per heavy atom. The van der Waals surface area contributed by atoms with E-state index >= 15 is 0 Å². The van der Waals surface area contributed by atoms with Crippen LogP contribution in [0.1, 0.15) is 60.3 Å². The summed E-state index contributed by atoms with van der Waals surface area (Å²) in [6.45, 7) is 1.74. The average Bonchev–Trinajstić information content (AvgIpc) is 2.86. The molecule has 1 amide bonds. The molecule has 0 radical (unpaired) electrons. The van der Waals surface area contributed by atoms with Crippen molar-refractivity contribution >= 4 is 28.3 Å². The minimum atomic E-state index is -0.410. The Kier molecular flexibility index (Phi) is 5.73. The molecule has 1 aliphatic rings. The number of esters is 1. The van der Waals surface area contributed by atoms with Crippen molar-refractivity contribution in [3.63, 3.8) is 0 Å². The van der Waals surface area contributed by atoms with E-state index in [-0.39, 0.29) is 5.91 Å². The number of carbonyl (C=O) groups is 2. The summed E-state index contributed by atoms with van der Waals surface area (Å²) >= 11 is 1.16. The van der Waals surface area contributed by atoms with Crippen molar-refractivity contribution in [2.75, 3.05) is 12.4 Å². The minimum absolute atomic E-state index is 0.0225. The van der Waals surface area contributed by atoms with Crippen LogP contribution in [-0.4, -0.2) is 24.0 Å². The average molecular weight is 310 g/mol. The molecule has 5 nitrogen and oxygen atoms in total. The number of hydrogen-bond acceptors (Lipinski definition) is 5. The van der Waals surface area contributed by atoms with E-state index in [1.807, 2.05) is 0 Å². The number of anilines is 1. The molecule has 0 aromatic carbocycles. The summed E-state index contributed by atoms with van der Waals surface area (Å²) in [5.74, 6) is 0.256. The van der Waals surface area contributed by atoms with Gasteiger partial charge in [0.1, 0.15) is 4.88 Å². The summed E-state index contributed by atoms with van der Waals surface area (Å²) in [7, 11) is 1.34. The first kappa shape index (κ1) is 15.9. The first-order chi connectivity index (χ1) is 10.1. The molecule has 1 fully saturated rings. The number of methoxy groups -OCH3 is 1. The third-order valence-electron chi connectivity index (χ3n) is 3.92. The Morgan fingerprint density at radius 2 is 2.05 bits per heavy atom. The van der Waals surface area contributed by atoms with Crippen LogP contribution in [0, 0.1) is 12.8 Å². The zero-order valence-corrected chi connectivity index (χ0v) is 13.4. The van der Waals surface area contributed by atoms with Gasteiger partial charge < -0.3 is 10.1 Å². The number of carbonyl (C=O) groups excluding carboxylic acids is 2. The van der Waals surface area contributed by atoms with Crippen LogP contribution in [-0.2, 0) is 9.53 Å². The second-order valence-corrected chi connectivity index (χ2v) is 6.52. The van der Waals surface area contributed by atoms with Crippen LogP contribution in [0.5, 0.6) is 0 Å². The number of amides is 1. The van der Waals surface area contributed by atoms with Crippen molar-refractivity contribution in [1.82, 2.24) is 4.98 Å². The molecule has 1 heterocycles. The highest BCUT2D eigenvalue weighted by atomic mass is 32.1. The van der Waals surface area contributed by atoms with Crippen LogP contribution in [0.15, 0.2) is 0 Å². The molecule has 2 rings (SSSR count). The van der Waals surface area contributed by atoms with Crippen molar-refractivity contribution in [2.24, 2.45) is 5.92 Å². The van der Waals surface area contributed by atoms with Gasteiger partial charge in [-0.15, -0.1) is 0 Å². The smallest absolute Gasteiger partial charge is 0.350 e. The molecule has 0 saturated heterocycles. The highest BCUT2D eigenvalue weighted by Crippen LogP contribution is 2.28. The zero-order valence-electron chi connectivity index (χ0n) is 12.6. The lowest BCUT2D eigenvalue weighted by Gasteiger charge is -2.20. The van der Waals surface area contributed by atoms with Crippen molar-refractivity contribution in [2.45, 2.75) is 51.9 Å². The monoisotopic (exact) mass is 310 g/mol. The molecule has 1 aromatic heterocycles. The third kappa shape index (κ3) is 4.52. The van der Waals surface area contributed by atoms with E-state index in [4.69, 9.17) is 0 Å². The van der Waals surface area contributed by atoms with Crippen LogP contribution in [0.3, 0.4) is 0 Å². The molecule has 21 heavy (non-hydrogen) atoms. The van der Waals surface area contributed by atoms with E-state index in [2.05, 4.69) is 15.0 Å². The van der Waals surface area contributed by atoms with Gasteiger partial charge in [0.15, 0.2) is 5.13 Å². The second-order valence-electron chi connectivity index (χ2n) is 5.52. The van der Waals surface area contributed by atoms with Gasteiger partial charge in [0, 0.05) is 6.42 Å². The van der Waals surface area contributed by atoms with Gasteiger partial charge in [-0.05, 0) is 19.3 Å². The van der Waals surface area contributed by atoms with E-state index in [0.717, 1.165) is 17.8 Å². The molecule has 116 valence electrons. The lowest BCUT2D eigenvalue weighted by molar-refractivity contribution is -0.116. The molecule has 1 aliphatic carbocycles. The topological polar surface area (TPSA) is 68.3 Å². The molecule has 1 saturated carbocycles. The van der Waals surface area contributed by atoms with Gasteiger partial charge in [-0.2, -0.15) is 0 Å². The lowest BCUT2D eigenvalue weighted by atomic mass is 9.86. The van der Waals surface area contributed by atoms with Crippen molar-refractivity contribution in [3.8, 4) is 0 Å². The number of thiazole rings is 1.